The lowest BCUT2D eigenvalue weighted by atomic mass is 9.90. The summed E-state index contributed by atoms with van der Waals surface area (Å²) in [6, 6.07) is 0. The van der Waals surface area contributed by atoms with Crippen LogP contribution in [0.3, 0.4) is 0 Å². The zero-order chi connectivity index (χ0) is 10.9. The molecule has 0 spiro atoms. The highest BCUT2D eigenvalue weighted by molar-refractivity contribution is 5.79. The van der Waals surface area contributed by atoms with E-state index in [-0.39, 0.29) is 5.41 Å². The Bertz CT molecular complexity index is 248. The molecule has 2 fully saturated rings. The maximum absolute atomic E-state index is 12.1. The molecule has 1 amide bonds. The van der Waals surface area contributed by atoms with Crippen LogP contribution in [0.25, 0.3) is 0 Å². The van der Waals surface area contributed by atoms with E-state index >= 15 is 0 Å². The van der Waals surface area contributed by atoms with E-state index in [1.807, 2.05) is 4.90 Å². The summed E-state index contributed by atoms with van der Waals surface area (Å²) in [7, 11) is 0. The summed E-state index contributed by atoms with van der Waals surface area (Å²) in [5.41, 5.74) is 5.92. The van der Waals surface area contributed by atoms with Gasteiger partial charge in [-0.05, 0) is 31.2 Å². The van der Waals surface area contributed by atoms with Crippen LogP contribution in [0.2, 0.25) is 0 Å². The Kier molecular flexibility index (Phi) is 3.01. The molecule has 0 aromatic rings. The molecule has 0 aromatic carbocycles. The predicted octanol–water partition coefficient (Wildman–Crippen LogP) is 1.37. The molecule has 2 aliphatic rings. The molecule has 86 valence electrons. The normalized spacial score (nSPS) is 32.5. The summed E-state index contributed by atoms with van der Waals surface area (Å²) in [5, 5.41) is 0. The van der Waals surface area contributed by atoms with Crippen molar-refractivity contribution >= 4 is 5.91 Å². The number of carbonyl (C=O) groups is 1. The molecular formula is C12H22N2O. The predicted molar refractivity (Wildman–Crippen MR) is 60.3 cm³/mol. The number of hydrogen-bond donors (Lipinski definition) is 1. The summed E-state index contributed by atoms with van der Waals surface area (Å²) in [5.74, 6) is 0.717. The van der Waals surface area contributed by atoms with Gasteiger partial charge in [-0.2, -0.15) is 0 Å². The van der Waals surface area contributed by atoms with Crippen LogP contribution in [0.1, 0.15) is 39.0 Å². The average Bonchev–Trinajstić information content (AvgIpc) is 2.86. The number of likely N-dealkylation sites (tertiary alicyclic amines) is 1. The fourth-order valence-electron chi connectivity index (χ4n) is 2.81. The minimum Gasteiger partial charge on any atom is -0.342 e. The SMILES string of the molecule is CC1(CN)CCN(C(=O)C2CCCC2)C1. The number of rotatable bonds is 2. The van der Waals surface area contributed by atoms with E-state index in [9.17, 15) is 4.79 Å². The second-order valence-corrected chi connectivity index (χ2v) is 5.51. The van der Waals surface area contributed by atoms with Gasteiger partial charge in [-0.25, -0.2) is 0 Å². The van der Waals surface area contributed by atoms with Gasteiger partial charge in [-0.1, -0.05) is 19.8 Å². The third kappa shape index (κ3) is 2.17. The van der Waals surface area contributed by atoms with E-state index in [2.05, 4.69) is 6.92 Å². The monoisotopic (exact) mass is 210 g/mol. The van der Waals surface area contributed by atoms with Crippen LogP contribution in [-0.2, 0) is 4.79 Å². The molecule has 1 heterocycles. The fraction of sp³-hybridized carbons (Fsp3) is 0.917. The van der Waals surface area contributed by atoms with Gasteiger partial charge in [-0.3, -0.25) is 4.79 Å². The van der Waals surface area contributed by atoms with Crippen molar-refractivity contribution in [1.29, 1.82) is 0 Å². The first-order valence-electron chi connectivity index (χ1n) is 6.13. The maximum Gasteiger partial charge on any atom is 0.225 e. The molecule has 3 nitrogen and oxygen atoms in total. The zero-order valence-corrected chi connectivity index (χ0v) is 9.67. The quantitative estimate of drug-likeness (QED) is 0.748. The van der Waals surface area contributed by atoms with Crippen molar-refractivity contribution in [3.8, 4) is 0 Å². The van der Waals surface area contributed by atoms with Crippen molar-refractivity contribution < 1.29 is 4.79 Å². The summed E-state index contributed by atoms with van der Waals surface area (Å²) < 4.78 is 0. The Morgan fingerprint density at radius 2 is 2.13 bits per heavy atom. The van der Waals surface area contributed by atoms with Gasteiger partial charge in [0.15, 0.2) is 0 Å². The van der Waals surface area contributed by atoms with Gasteiger partial charge in [0.2, 0.25) is 5.91 Å². The molecule has 2 N–H and O–H groups in total. The molecule has 1 saturated carbocycles. The van der Waals surface area contributed by atoms with E-state index in [0.29, 0.717) is 18.4 Å². The summed E-state index contributed by atoms with van der Waals surface area (Å²) in [6.45, 7) is 4.68. The Balaban J connectivity index is 1.92. The Morgan fingerprint density at radius 3 is 2.67 bits per heavy atom. The van der Waals surface area contributed by atoms with Gasteiger partial charge in [0.1, 0.15) is 0 Å². The Morgan fingerprint density at radius 1 is 1.47 bits per heavy atom. The van der Waals surface area contributed by atoms with Crippen LogP contribution in [-0.4, -0.2) is 30.4 Å². The highest BCUT2D eigenvalue weighted by atomic mass is 16.2. The lowest BCUT2D eigenvalue weighted by Gasteiger charge is -2.24. The molecular weight excluding hydrogens is 188 g/mol. The number of nitrogens with zero attached hydrogens (tertiary/aromatic N) is 1. The molecule has 0 aromatic heterocycles. The second kappa shape index (κ2) is 4.12. The van der Waals surface area contributed by atoms with Crippen molar-refractivity contribution in [3.63, 3.8) is 0 Å². The first-order valence-corrected chi connectivity index (χ1v) is 6.13. The lowest BCUT2D eigenvalue weighted by Crippen LogP contribution is -2.37. The first kappa shape index (κ1) is 10.9. The van der Waals surface area contributed by atoms with Gasteiger partial charge in [0.25, 0.3) is 0 Å². The van der Waals surface area contributed by atoms with E-state index in [1.54, 1.807) is 0 Å². The number of nitrogens with two attached hydrogens (primary N) is 1. The van der Waals surface area contributed by atoms with Gasteiger partial charge in [0.05, 0.1) is 0 Å². The molecule has 0 bridgehead atoms. The van der Waals surface area contributed by atoms with E-state index in [4.69, 9.17) is 5.73 Å². The number of carbonyl (C=O) groups excluding carboxylic acids is 1. The molecule has 1 saturated heterocycles. The molecule has 3 heteroatoms. The molecule has 1 unspecified atom stereocenters. The third-order valence-electron chi connectivity index (χ3n) is 4.07. The van der Waals surface area contributed by atoms with Crippen molar-refractivity contribution in [2.45, 2.75) is 39.0 Å². The molecule has 1 atom stereocenters. The van der Waals surface area contributed by atoms with Crippen LogP contribution in [0, 0.1) is 11.3 Å². The van der Waals surface area contributed by atoms with Crippen molar-refractivity contribution in [2.75, 3.05) is 19.6 Å². The van der Waals surface area contributed by atoms with Gasteiger partial charge in [-0.15, -0.1) is 0 Å². The van der Waals surface area contributed by atoms with Crippen molar-refractivity contribution in [2.24, 2.45) is 17.1 Å². The maximum atomic E-state index is 12.1. The first-order chi connectivity index (χ1) is 7.14. The minimum absolute atomic E-state index is 0.175. The second-order valence-electron chi connectivity index (χ2n) is 5.51. The molecule has 0 radical (unpaired) electrons. The smallest absolute Gasteiger partial charge is 0.225 e. The third-order valence-corrected chi connectivity index (χ3v) is 4.07. The molecule has 2 rings (SSSR count). The van der Waals surface area contributed by atoms with E-state index in [0.717, 1.165) is 32.4 Å². The topological polar surface area (TPSA) is 46.3 Å². The highest BCUT2D eigenvalue weighted by Gasteiger charge is 2.37. The van der Waals surface area contributed by atoms with Crippen LogP contribution in [0.15, 0.2) is 0 Å². The minimum atomic E-state index is 0.175. The summed E-state index contributed by atoms with van der Waals surface area (Å²) in [4.78, 5) is 14.2. The molecule has 1 aliphatic heterocycles. The van der Waals surface area contributed by atoms with E-state index in [1.165, 1.54) is 12.8 Å². The number of amides is 1. The van der Waals surface area contributed by atoms with Crippen LogP contribution >= 0.6 is 0 Å². The Hall–Kier alpha value is -0.570. The van der Waals surface area contributed by atoms with Crippen molar-refractivity contribution in [3.05, 3.63) is 0 Å². The molecule has 15 heavy (non-hydrogen) atoms. The number of hydrogen-bond acceptors (Lipinski definition) is 2. The van der Waals surface area contributed by atoms with Crippen LogP contribution in [0.4, 0.5) is 0 Å². The van der Waals surface area contributed by atoms with Gasteiger partial charge in [0, 0.05) is 19.0 Å². The summed E-state index contributed by atoms with van der Waals surface area (Å²) >= 11 is 0. The van der Waals surface area contributed by atoms with Gasteiger partial charge >= 0.3 is 0 Å². The fourth-order valence-corrected chi connectivity index (χ4v) is 2.81. The zero-order valence-electron chi connectivity index (χ0n) is 9.67. The Labute approximate surface area is 92.0 Å². The molecule has 1 aliphatic carbocycles. The van der Waals surface area contributed by atoms with Gasteiger partial charge < -0.3 is 10.6 Å². The average molecular weight is 210 g/mol. The van der Waals surface area contributed by atoms with E-state index < -0.39 is 0 Å². The van der Waals surface area contributed by atoms with Crippen LogP contribution in [0.5, 0.6) is 0 Å². The largest absolute Gasteiger partial charge is 0.342 e. The standard InChI is InChI=1S/C12H22N2O/c1-12(8-13)6-7-14(9-12)11(15)10-4-2-3-5-10/h10H,2-9,13H2,1H3. The van der Waals surface area contributed by atoms with Crippen molar-refractivity contribution in [1.82, 2.24) is 4.90 Å². The van der Waals surface area contributed by atoms with Crippen LogP contribution < -0.4 is 5.73 Å². The highest BCUT2D eigenvalue weighted by Crippen LogP contribution is 2.32. The lowest BCUT2D eigenvalue weighted by molar-refractivity contribution is -0.134. The summed E-state index contributed by atoms with van der Waals surface area (Å²) in [6.07, 6.45) is 5.75.